The highest BCUT2D eigenvalue weighted by molar-refractivity contribution is 8.00. The van der Waals surface area contributed by atoms with E-state index in [1.807, 2.05) is 0 Å². The van der Waals surface area contributed by atoms with Crippen molar-refractivity contribution in [3.63, 3.8) is 0 Å². The normalized spacial score (nSPS) is 10.2. The number of carbonyl (C=O) groups excluding carboxylic acids is 3. The van der Waals surface area contributed by atoms with E-state index in [1.54, 1.807) is 54.6 Å². The van der Waals surface area contributed by atoms with Gasteiger partial charge >= 0.3 is 5.97 Å². The Morgan fingerprint density at radius 2 is 1.41 bits per heavy atom. The van der Waals surface area contributed by atoms with Gasteiger partial charge < -0.3 is 24.8 Å². The number of anilines is 2. The molecule has 0 atom stereocenters. The first-order valence-electron chi connectivity index (χ1n) is 10.1. The molecule has 3 aromatic rings. The van der Waals surface area contributed by atoms with Gasteiger partial charge in [0.05, 0.1) is 36.9 Å². The first-order chi connectivity index (χ1) is 16.5. The number of nitrogens with one attached hydrogen (secondary N) is 2. The van der Waals surface area contributed by atoms with Crippen LogP contribution in [0.5, 0.6) is 11.5 Å². The molecule has 9 nitrogen and oxygen atoms in total. The third kappa shape index (κ3) is 6.72. The predicted molar refractivity (Wildman–Crippen MR) is 128 cm³/mol. The lowest BCUT2D eigenvalue weighted by Crippen LogP contribution is -2.21. The molecule has 0 aliphatic rings. The zero-order chi connectivity index (χ0) is 24.3. The Kier molecular flexibility index (Phi) is 8.87. The number of methoxy groups -OCH3 is 2. The number of ether oxygens (including phenoxy) is 3. The molecule has 0 saturated carbocycles. The second kappa shape index (κ2) is 12.3. The van der Waals surface area contributed by atoms with E-state index < -0.39 is 18.5 Å². The lowest BCUT2D eigenvalue weighted by Gasteiger charge is -2.11. The minimum absolute atomic E-state index is 0.00360. The lowest BCUT2D eigenvalue weighted by molar-refractivity contribution is -0.119. The molecule has 3 rings (SSSR count). The fraction of sp³-hybridized carbons (Fsp3) is 0.167. The molecule has 2 aromatic carbocycles. The third-order valence-corrected chi connectivity index (χ3v) is 5.43. The van der Waals surface area contributed by atoms with Crippen LogP contribution in [-0.4, -0.2) is 49.3 Å². The Hall–Kier alpha value is -4.05. The van der Waals surface area contributed by atoms with Gasteiger partial charge in [0.1, 0.15) is 16.5 Å². The predicted octanol–water partition coefficient (Wildman–Crippen LogP) is 3.63. The fourth-order valence-corrected chi connectivity index (χ4v) is 3.65. The Morgan fingerprint density at radius 3 is 2.03 bits per heavy atom. The maximum absolute atomic E-state index is 12.6. The van der Waals surface area contributed by atoms with E-state index in [9.17, 15) is 14.4 Å². The second-order valence-corrected chi connectivity index (χ2v) is 7.68. The third-order valence-electron chi connectivity index (χ3n) is 4.43. The van der Waals surface area contributed by atoms with Crippen LogP contribution in [0.15, 0.2) is 71.9 Å². The summed E-state index contributed by atoms with van der Waals surface area (Å²) in [4.78, 5) is 41.3. The first-order valence-corrected chi connectivity index (χ1v) is 11.1. The largest absolute Gasteiger partial charge is 0.495 e. The van der Waals surface area contributed by atoms with E-state index in [0.717, 1.165) is 11.8 Å². The molecular formula is C24H23N3O6S. The van der Waals surface area contributed by atoms with E-state index in [1.165, 1.54) is 26.5 Å². The van der Waals surface area contributed by atoms with Crippen molar-refractivity contribution in [3.05, 3.63) is 72.4 Å². The molecule has 0 aliphatic heterocycles. The number of pyridine rings is 1. The zero-order valence-electron chi connectivity index (χ0n) is 18.6. The van der Waals surface area contributed by atoms with Gasteiger partial charge in [-0.15, -0.1) is 0 Å². The summed E-state index contributed by atoms with van der Waals surface area (Å²) in [6.07, 6.45) is 1.51. The Labute approximate surface area is 200 Å². The van der Waals surface area contributed by atoms with Gasteiger partial charge in [0, 0.05) is 6.20 Å². The summed E-state index contributed by atoms with van der Waals surface area (Å²) >= 11 is 1.08. The molecule has 10 heteroatoms. The molecule has 0 fully saturated rings. The lowest BCUT2D eigenvalue weighted by atomic mass is 10.3. The van der Waals surface area contributed by atoms with E-state index in [2.05, 4.69) is 15.6 Å². The molecule has 2 amide bonds. The van der Waals surface area contributed by atoms with Crippen molar-refractivity contribution >= 4 is 40.9 Å². The molecule has 2 N–H and O–H groups in total. The van der Waals surface area contributed by atoms with Crippen LogP contribution in [0.1, 0.15) is 10.4 Å². The fourth-order valence-electron chi connectivity index (χ4n) is 2.87. The highest BCUT2D eigenvalue weighted by Gasteiger charge is 2.18. The van der Waals surface area contributed by atoms with Crippen LogP contribution < -0.4 is 20.1 Å². The molecule has 1 aromatic heterocycles. The summed E-state index contributed by atoms with van der Waals surface area (Å²) in [6, 6.07) is 17.0. The number of aromatic nitrogens is 1. The van der Waals surface area contributed by atoms with Crippen molar-refractivity contribution < 1.29 is 28.6 Å². The van der Waals surface area contributed by atoms with E-state index in [0.29, 0.717) is 27.9 Å². The van der Waals surface area contributed by atoms with Gasteiger partial charge in [-0.2, -0.15) is 0 Å². The summed E-state index contributed by atoms with van der Waals surface area (Å²) in [5.41, 5.74) is 1.16. The summed E-state index contributed by atoms with van der Waals surface area (Å²) in [6.45, 7) is -0.496. The molecule has 0 aliphatic carbocycles. The molecule has 0 radical (unpaired) electrons. The number of hydrogen-bond acceptors (Lipinski definition) is 8. The van der Waals surface area contributed by atoms with Gasteiger partial charge in [-0.25, -0.2) is 9.78 Å². The van der Waals surface area contributed by atoms with Gasteiger partial charge in [0.25, 0.3) is 5.91 Å². The zero-order valence-corrected chi connectivity index (χ0v) is 19.4. The van der Waals surface area contributed by atoms with Gasteiger partial charge in [0.2, 0.25) is 5.91 Å². The van der Waals surface area contributed by atoms with E-state index in [-0.39, 0.29) is 17.2 Å². The number of rotatable bonds is 10. The van der Waals surface area contributed by atoms with Gasteiger partial charge in [-0.1, -0.05) is 36.0 Å². The molecular weight excluding hydrogens is 458 g/mol. The second-order valence-electron chi connectivity index (χ2n) is 6.72. The number of carbonyl (C=O) groups is 3. The Morgan fingerprint density at radius 1 is 0.824 bits per heavy atom. The Balaban J connectivity index is 1.56. The standard InChI is InChI=1S/C24H23N3O6S/c1-31-19-11-5-3-9-17(19)26-21(28)14-33-24(30)16-8-7-13-25-23(16)34-15-22(29)27-18-10-4-6-12-20(18)32-2/h3-13H,14-15H2,1-2H3,(H,26,28)(H,27,29). The van der Waals surface area contributed by atoms with Crippen molar-refractivity contribution in [2.24, 2.45) is 0 Å². The molecule has 0 bridgehead atoms. The highest BCUT2D eigenvalue weighted by atomic mass is 32.2. The van der Waals surface area contributed by atoms with Crippen LogP contribution in [0.25, 0.3) is 0 Å². The van der Waals surface area contributed by atoms with Crippen LogP contribution in [-0.2, 0) is 14.3 Å². The number of nitrogens with zero attached hydrogens (tertiary/aromatic N) is 1. The minimum Gasteiger partial charge on any atom is -0.495 e. The number of benzene rings is 2. The number of para-hydroxylation sites is 4. The maximum Gasteiger partial charge on any atom is 0.341 e. The number of amides is 2. The topological polar surface area (TPSA) is 116 Å². The average Bonchev–Trinajstić information content (AvgIpc) is 2.87. The molecule has 0 unspecified atom stereocenters. The van der Waals surface area contributed by atoms with Crippen molar-refractivity contribution in [2.45, 2.75) is 5.03 Å². The van der Waals surface area contributed by atoms with Crippen LogP contribution in [0.2, 0.25) is 0 Å². The maximum atomic E-state index is 12.6. The van der Waals surface area contributed by atoms with Gasteiger partial charge in [0.15, 0.2) is 6.61 Å². The summed E-state index contributed by atoms with van der Waals surface area (Å²) < 4.78 is 15.5. The van der Waals surface area contributed by atoms with Crippen molar-refractivity contribution in [3.8, 4) is 11.5 Å². The SMILES string of the molecule is COc1ccccc1NC(=O)COC(=O)c1cccnc1SCC(=O)Nc1ccccc1OC. The number of hydrogen-bond donors (Lipinski definition) is 2. The smallest absolute Gasteiger partial charge is 0.341 e. The van der Waals surface area contributed by atoms with Crippen LogP contribution in [0.4, 0.5) is 11.4 Å². The molecule has 34 heavy (non-hydrogen) atoms. The molecule has 0 saturated heterocycles. The van der Waals surface area contributed by atoms with E-state index >= 15 is 0 Å². The molecule has 1 heterocycles. The molecule has 176 valence electrons. The molecule has 0 spiro atoms. The Bertz CT molecular complexity index is 1170. The average molecular weight is 482 g/mol. The van der Waals surface area contributed by atoms with Crippen molar-refractivity contribution in [1.82, 2.24) is 4.98 Å². The van der Waals surface area contributed by atoms with Gasteiger partial charge in [-0.3, -0.25) is 9.59 Å². The quantitative estimate of drug-likeness (QED) is 0.333. The van der Waals surface area contributed by atoms with E-state index in [4.69, 9.17) is 14.2 Å². The number of thioether (sulfide) groups is 1. The monoisotopic (exact) mass is 481 g/mol. The van der Waals surface area contributed by atoms with Crippen LogP contribution >= 0.6 is 11.8 Å². The first kappa shape index (κ1) is 24.6. The van der Waals surface area contributed by atoms with Gasteiger partial charge in [-0.05, 0) is 36.4 Å². The minimum atomic E-state index is -0.726. The summed E-state index contributed by atoms with van der Waals surface area (Å²) in [5, 5.41) is 5.70. The number of esters is 1. The summed E-state index contributed by atoms with van der Waals surface area (Å²) in [5.74, 6) is -0.517. The van der Waals surface area contributed by atoms with Crippen LogP contribution in [0, 0.1) is 0 Å². The van der Waals surface area contributed by atoms with Crippen LogP contribution in [0.3, 0.4) is 0 Å². The van der Waals surface area contributed by atoms with Crippen molar-refractivity contribution in [1.29, 1.82) is 0 Å². The highest BCUT2D eigenvalue weighted by Crippen LogP contribution is 2.25. The van der Waals surface area contributed by atoms with Crippen molar-refractivity contribution in [2.75, 3.05) is 37.2 Å². The summed E-state index contributed by atoms with van der Waals surface area (Å²) in [7, 11) is 3.01.